The lowest BCUT2D eigenvalue weighted by atomic mass is 10.1. The summed E-state index contributed by atoms with van der Waals surface area (Å²) in [6, 6.07) is 9.84. The van der Waals surface area contributed by atoms with Crippen molar-refractivity contribution >= 4 is 23.7 Å². The van der Waals surface area contributed by atoms with Crippen LogP contribution in [0.1, 0.15) is 23.1 Å². The van der Waals surface area contributed by atoms with Crippen molar-refractivity contribution in [1.82, 2.24) is 0 Å². The van der Waals surface area contributed by atoms with Crippen LogP contribution in [-0.2, 0) is 9.59 Å². The minimum Gasteiger partial charge on any atom is -0.496 e. The summed E-state index contributed by atoms with van der Waals surface area (Å²) >= 11 is 0. The maximum atomic E-state index is 13.4. The third-order valence-electron chi connectivity index (χ3n) is 3.88. The Hall–Kier alpha value is -3.21. The molecule has 2 rings (SSSR count). The van der Waals surface area contributed by atoms with Crippen molar-refractivity contribution < 1.29 is 23.5 Å². The fourth-order valence-corrected chi connectivity index (χ4v) is 2.39. The summed E-state index contributed by atoms with van der Waals surface area (Å²) in [6.07, 6.45) is 5.59. The molecule has 0 saturated carbocycles. The molecule has 0 aliphatic heterocycles. The summed E-state index contributed by atoms with van der Waals surface area (Å²) in [5, 5.41) is 0. The van der Waals surface area contributed by atoms with Crippen molar-refractivity contribution in [2.24, 2.45) is 0 Å². The van der Waals surface area contributed by atoms with E-state index in [1.54, 1.807) is 13.2 Å². The standard InChI is InChI=1S/C22H21FO4/c1-15-4-5-16(12-21(15)26-2)6-9-18(24)14-19(25)10-7-17-8-11-20(23)22(13-17)27-3/h4-13H,14H2,1-3H3/b9-6+,10-7+. The number of benzene rings is 2. The molecule has 2 aromatic carbocycles. The summed E-state index contributed by atoms with van der Waals surface area (Å²) in [7, 11) is 2.95. The molecule has 0 radical (unpaired) electrons. The summed E-state index contributed by atoms with van der Waals surface area (Å²) in [6.45, 7) is 1.93. The molecule has 0 heterocycles. The Labute approximate surface area is 157 Å². The van der Waals surface area contributed by atoms with Gasteiger partial charge in [0.1, 0.15) is 5.75 Å². The van der Waals surface area contributed by atoms with E-state index in [0.29, 0.717) is 5.56 Å². The van der Waals surface area contributed by atoms with Crippen LogP contribution < -0.4 is 9.47 Å². The van der Waals surface area contributed by atoms with Gasteiger partial charge in [0.2, 0.25) is 0 Å². The highest BCUT2D eigenvalue weighted by molar-refractivity contribution is 6.10. The van der Waals surface area contributed by atoms with Gasteiger partial charge in [-0.3, -0.25) is 9.59 Å². The van der Waals surface area contributed by atoms with E-state index in [-0.39, 0.29) is 23.7 Å². The lowest BCUT2D eigenvalue weighted by Crippen LogP contribution is -2.02. The first-order chi connectivity index (χ1) is 12.9. The van der Waals surface area contributed by atoms with E-state index in [4.69, 9.17) is 9.47 Å². The second-order valence-corrected chi connectivity index (χ2v) is 5.90. The van der Waals surface area contributed by atoms with E-state index in [0.717, 1.165) is 16.9 Å². The lowest BCUT2D eigenvalue weighted by molar-refractivity contribution is -0.121. The predicted molar refractivity (Wildman–Crippen MR) is 103 cm³/mol. The van der Waals surface area contributed by atoms with Crippen molar-refractivity contribution in [3.05, 3.63) is 71.1 Å². The SMILES string of the molecule is COc1cc(/C=C/C(=O)CC(=O)/C=C/c2ccc(F)c(OC)c2)ccc1C. The van der Waals surface area contributed by atoms with Gasteiger partial charge in [-0.1, -0.05) is 30.4 Å². The van der Waals surface area contributed by atoms with Gasteiger partial charge in [0.25, 0.3) is 0 Å². The molecule has 0 spiro atoms. The van der Waals surface area contributed by atoms with Gasteiger partial charge in [0.05, 0.1) is 20.6 Å². The number of ether oxygens (including phenoxy) is 2. The quantitative estimate of drug-likeness (QED) is 0.512. The molecule has 4 nitrogen and oxygen atoms in total. The van der Waals surface area contributed by atoms with Gasteiger partial charge in [-0.25, -0.2) is 4.39 Å². The molecular weight excluding hydrogens is 347 g/mol. The average molecular weight is 368 g/mol. The van der Waals surface area contributed by atoms with E-state index in [2.05, 4.69) is 0 Å². The third kappa shape index (κ3) is 5.92. The van der Waals surface area contributed by atoms with Crippen LogP contribution >= 0.6 is 0 Å². The van der Waals surface area contributed by atoms with Crippen LogP contribution in [0.15, 0.2) is 48.6 Å². The number of hydrogen-bond acceptors (Lipinski definition) is 4. The summed E-state index contributed by atoms with van der Waals surface area (Å²) in [4.78, 5) is 23.9. The van der Waals surface area contributed by atoms with E-state index in [9.17, 15) is 14.0 Å². The van der Waals surface area contributed by atoms with Gasteiger partial charge >= 0.3 is 0 Å². The van der Waals surface area contributed by atoms with Gasteiger partial charge in [-0.2, -0.15) is 0 Å². The molecule has 140 valence electrons. The average Bonchev–Trinajstić information content (AvgIpc) is 2.66. The zero-order valence-electron chi connectivity index (χ0n) is 15.5. The van der Waals surface area contributed by atoms with Crippen molar-refractivity contribution in [2.45, 2.75) is 13.3 Å². The van der Waals surface area contributed by atoms with Crippen molar-refractivity contribution in [3.8, 4) is 11.5 Å². The first-order valence-electron chi connectivity index (χ1n) is 8.33. The number of ketones is 2. The van der Waals surface area contributed by atoms with E-state index >= 15 is 0 Å². The summed E-state index contributed by atoms with van der Waals surface area (Å²) in [5.41, 5.74) is 2.42. The second-order valence-electron chi connectivity index (χ2n) is 5.90. The molecule has 27 heavy (non-hydrogen) atoms. The van der Waals surface area contributed by atoms with Crippen LogP contribution in [0.5, 0.6) is 11.5 Å². The van der Waals surface area contributed by atoms with E-state index in [1.165, 1.54) is 43.5 Å². The number of halogens is 1. The van der Waals surface area contributed by atoms with Crippen LogP contribution in [0.2, 0.25) is 0 Å². The number of carbonyl (C=O) groups is 2. The van der Waals surface area contributed by atoms with Crippen LogP contribution in [0, 0.1) is 12.7 Å². The largest absolute Gasteiger partial charge is 0.496 e. The zero-order valence-corrected chi connectivity index (χ0v) is 15.5. The Morgan fingerprint density at radius 3 is 1.96 bits per heavy atom. The Balaban J connectivity index is 1.96. The monoisotopic (exact) mass is 368 g/mol. The predicted octanol–water partition coefficient (Wildman–Crippen LogP) is 4.41. The van der Waals surface area contributed by atoms with Crippen LogP contribution in [0.3, 0.4) is 0 Å². The fraction of sp³-hybridized carbons (Fsp3) is 0.182. The minimum atomic E-state index is -0.478. The van der Waals surface area contributed by atoms with Crippen LogP contribution in [0.4, 0.5) is 4.39 Å². The van der Waals surface area contributed by atoms with E-state index in [1.807, 2.05) is 25.1 Å². The number of rotatable bonds is 8. The molecule has 0 aromatic heterocycles. The Morgan fingerprint density at radius 1 is 0.889 bits per heavy atom. The highest BCUT2D eigenvalue weighted by atomic mass is 19.1. The lowest BCUT2D eigenvalue weighted by Gasteiger charge is -2.04. The molecule has 5 heteroatoms. The first-order valence-corrected chi connectivity index (χ1v) is 8.33. The van der Waals surface area contributed by atoms with Gasteiger partial charge in [0.15, 0.2) is 23.1 Å². The van der Waals surface area contributed by atoms with Gasteiger partial charge in [0, 0.05) is 0 Å². The molecule has 0 aliphatic carbocycles. The normalized spacial score (nSPS) is 11.1. The number of carbonyl (C=O) groups excluding carboxylic acids is 2. The van der Waals surface area contributed by atoms with E-state index < -0.39 is 5.82 Å². The number of aryl methyl sites for hydroxylation is 1. The van der Waals surface area contributed by atoms with Crippen molar-refractivity contribution in [2.75, 3.05) is 14.2 Å². The summed E-state index contributed by atoms with van der Waals surface area (Å²) < 4.78 is 23.5. The smallest absolute Gasteiger partial charge is 0.165 e. The van der Waals surface area contributed by atoms with Crippen molar-refractivity contribution in [1.29, 1.82) is 0 Å². The Bertz CT molecular complexity index is 824. The zero-order chi connectivity index (χ0) is 19.8. The fourth-order valence-electron chi connectivity index (χ4n) is 2.39. The third-order valence-corrected chi connectivity index (χ3v) is 3.88. The van der Waals surface area contributed by atoms with Gasteiger partial charge in [-0.05, 0) is 54.0 Å². The minimum absolute atomic E-state index is 0.0946. The molecule has 0 N–H and O–H groups in total. The highest BCUT2D eigenvalue weighted by Gasteiger charge is 2.05. The molecule has 2 aromatic rings. The summed E-state index contributed by atoms with van der Waals surface area (Å²) in [5.74, 6) is -0.292. The number of methoxy groups -OCH3 is 2. The Morgan fingerprint density at radius 2 is 1.41 bits per heavy atom. The number of hydrogen-bond donors (Lipinski definition) is 0. The molecule has 0 unspecified atom stereocenters. The molecule has 0 aliphatic rings. The topological polar surface area (TPSA) is 52.6 Å². The first kappa shape index (κ1) is 20.1. The number of allylic oxidation sites excluding steroid dienone is 2. The Kier molecular flexibility index (Phi) is 7.06. The van der Waals surface area contributed by atoms with Crippen LogP contribution in [0.25, 0.3) is 12.2 Å². The maximum absolute atomic E-state index is 13.4. The van der Waals surface area contributed by atoms with Gasteiger partial charge in [-0.15, -0.1) is 0 Å². The molecular formula is C22H21FO4. The highest BCUT2D eigenvalue weighted by Crippen LogP contribution is 2.20. The second kappa shape index (κ2) is 9.48. The van der Waals surface area contributed by atoms with Crippen LogP contribution in [-0.4, -0.2) is 25.8 Å². The van der Waals surface area contributed by atoms with Crippen molar-refractivity contribution in [3.63, 3.8) is 0 Å². The molecule has 0 bridgehead atoms. The molecule has 0 saturated heterocycles. The molecule has 0 fully saturated rings. The maximum Gasteiger partial charge on any atom is 0.165 e. The molecule has 0 atom stereocenters. The van der Waals surface area contributed by atoms with Gasteiger partial charge < -0.3 is 9.47 Å². The molecule has 0 amide bonds.